The Balaban J connectivity index is 2.62. The van der Waals surface area contributed by atoms with Crippen molar-refractivity contribution in [2.75, 3.05) is 20.2 Å². The number of hydrogen-bond acceptors (Lipinski definition) is 3. The van der Waals surface area contributed by atoms with Crippen LogP contribution in [0.4, 0.5) is 0 Å². The fraction of sp³-hybridized carbons (Fsp3) is 0.750. The number of carbonyl (C=O) groups excluding carboxylic acids is 1. The van der Waals surface area contributed by atoms with Crippen LogP contribution in [0.25, 0.3) is 0 Å². The first-order chi connectivity index (χ1) is 6.04. The molecule has 1 rings (SSSR count). The molecule has 0 heterocycles. The zero-order valence-electron chi connectivity index (χ0n) is 7.62. The van der Waals surface area contributed by atoms with Gasteiger partial charge < -0.3 is 15.7 Å². The predicted molar refractivity (Wildman–Crippen MR) is 53.2 cm³/mol. The molecule has 0 bridgehead atoms. The van der Waals surface area contributed by atoms with Crippen LogP contribution >= 0.6 is 12.2 Å². The summed E-state index contributed by atoms with van der Waals surface area (Å²) in [5.74, 6) is -0.0611. The molecule has 0 spiro atoms. The molecule has 0 radical (unpaired) electrons. The first-order valence-electron chi connectivity index (χ1n) is 4.21. The predicted octanol–water partition coefficient (Wildman–Crippen LogP) is -0.497. The fourth-order valence-corrected chi connectivity index (χ4v) is 1.60. The lowest BCUT2D eigenvalue weighted by Crippen LogP contribution is -2.41. The summed E-state index contributed by atoms with van der Waals surface area (Å²) >= 11 is 4.84. The number of likely N-dealkylation sites (N-methyl/N-ethyl adjacent to an activating group) is 1. The van der Waals surface area contributed by atoms with E-state index in [1.807, 2.05) is 0 Å². The molecule has 1 amide bonds. The van der Waals surface area contributed by atoms with Gasteiger partial charge >= 0.3 is 0 Å². The van der Waals surface area contributed by atoms with E-state index < -0.39 is 5.41 Å². The molecule has 0 aromatic heterocycles. The summed E-state index contributed by atoms with van der Waals surface area (Å²) in [5.41, 5.74) is 4.90. The maximum atomic E-state index is 11.7. The Morgan fingerprint density at radius 2 is 2.23 bits per heavy atom. The van der Waals surface area contributed by atoms with Crippen molar-refractivity contribution in [1.29, 1.82) is 0 Å². The van der Waals surface area contributed by atoms with Crippen molar-refractivity contribution < 1.29 is 9.90 Å². The van der Waals surface area contributed by atoms with Crippen LogP contribution in [0.5, 0.6) is 0 Å². The van der Waals surface area contributed by atoms with Crippen LogP contribution in [0.2, 0.25) is 0 Å². The van der Waals surface area contributed by atoms with Gasteiger partial charge in [0.25, 0.3) is 0 Å². The van der Waals surface area contributed by atoms with E-state index in [1.165, 1.54) is 4.90 Å². The van der Waals surface area contributed by atoms with Gasteiger partial charge in [-0.15, -0.1) is 0 Å². The van der Waals surface area contributed by atoms with Crippen LogP contribution < -0.4 is 5.73 Å². The standard InChI is InChI=1S/C8H14N2O2S/c1-10(4-5-11)7(12)8(2-3-8)6(9)13/h11H,2-5H2,1H3,(H2,9,13). The Kier molecular flexibility index (Phi) is 2.87. The summed E-state index contributed by atoms with van der Waals surface area (Å²) in [6.45, 7) is 0.304. The topological polar surface area (TPSA) is 66.6 Å². The van der Waals surface area contributed by atoms with Crippen molar-refractivity contribution in [1.82, 2.24) is 4.90 Å². The third kappa shape index (κ3) is 1.81. The SMILES string of the molecule is CN(CCO)C(=O)C1(C(N)=S)CC1. The van der Waals surface area contributed by atoms with Gasteiger partial charge in [-0.05, 0) is 12.8 Å². The Bertz CT molecular complexity index is 238. The highest BCUT2D eigenvalue weighted by Gasteiger charge is 2.53. The highest BCUT2D eigenvalue weighted by molar-refractivity contribution is 7.80. The summed E-state index contributed by atoms with van der Waals surface area (Å²) in [4.78, 5) is 13.5. The molecule has 0 aliphatic heterocycles. The second kappa shape index (κ2) is 3.59. The lowest BCUT2D eigenvalue weighted by molar-refractivity contribution is -0.133. The smallest absolute Gasteiger partial charge is 0.235 e. The van der Waals surface area contributed by atoms with Gasteiger partial charge in [0.2, 0.25) is 5.91 Å². The van der Waals surface area contributed by atoms with Gasteiger partial charge in [0, 0.05) is 13.6 Å². The van der Waals surface area contributed by atoms with Crippen molar-refractivity contribution >= 4 is 23.1 Å². The van der Waals surface area contributed by atoms with Crippen molar-refractivity contribution in [3.05, 3.63) is 0 Å². The number of hydrogen-bond donors (Lipinski definition) is 2. The van der Waals surface area contributed by atoms with E-state index in [9.17, 15) is 4.79 Å². The number of nitrogens with two attached hydrogens (primary N) is 1. The van der Waals surface area contributed by atoms with E-state index in [0.29, 0.717) is 6.54 Å². The van der Waals surface area contributed by atoms with E-state index in [-0.39, 0.29) is 17.5 Å². The van der Waals surface area contributed by atoms with Crippen molar-refractivity contribution in [3.8, 4) is 0 Å². The molecule has 4 nitrogen and oxygen atoms in total. The molecule has 74 valence electrons. The maximum Gasteiger partial charge on any atom is 0.235 e. The summed E-state index contributed by atoms with van der Waals surface area (Å²) in [7, 11) is 1.65. The molecule has 0 aromatic carbocycles. The first kappa shape index (κ1) is 10.4. The Morgan fingerprint density at radius 1 is 1.69 bits per heavy atom. The Hall–Kier alpha value is -0.680. The third-order valence-corrected chi connectivity index (χ3v) is 2.80. The monoisotopic (exact) mass is 202 g/mol. The molecule has 0 saturated heterocycles. The lowest BCUT2D eigenvalue weighted by atomic mass is 10.1. The molecule has 5 heteroatoms. The number of carbonyl (C=O) groups is 1. The van der Waals surface area contributed by atoms with Crippen LogP contribution in [-0.2, 0) is 4.79 Å². The lowest BCUT2D eigenvalue weighted by Gasteiger charge is -2.21. The van der Waals surface area contributed by atoms with E-state index in [2.05, 4.69) is 0 Å². The molecule has 0 aromatic rings. The Morgan fingerprint density at radius 3 is 2.54 bits per heavy atom. The van der Waals surface area contributed by atoms with E-state index in [0.717, 1.165) is 12.8 Å². The molecular formula is C8H14N2O2S. The quantitative estimate of drug-likeness (QED) is 0.603. The van der Waals surface area contributed by atoms with E-state index in [4.69, 9.17) is 23.1 Å². The van der Waals surface area contributed by atoms with Gasteiger partial charge in [-0.2, -0.15) is 0 Å². The molecule has 3 N–H and O–H groups in total. The minimum Gasteiger partial charge on any atom is -0.395 e. The molecule has 0 unspecified atom stereocenters. The summed E-state index contributed by atoms with van der Waals surface area (Å²) in [6, 6.07) is 0. The molecule has 13 heavy (non-hydrogen) atoms. The van der Waals surface area contributed by atoms with Gasteiger partial charge in [-0.25, -0.2) is 0 Å². The second-order valence-electron chi connectivity index (χ2n) is 3.40. The minimum atomic E-state index is -0.584. The molecule has 1 aliphatic carbocycles. The minimum absolute atomic E-state index is 0.0321. The van der Waals surface area contributed by atoms with Crippen LogP contribution in [0, 0.1) is 5.41 Å². The molecular weight excluding hydrogens is 188 g/mol. The highest BCUT2D eigenvalue weighted by atomic mass is 32.1. The van der Waals surface area contributed by atoms with E-state index in [1.54, 1.807) is 7.05 Å². The average Bonchev–Trinajstić information content (AvgIpc) is 2.83. The third-order valence-electron chi connectivity index (χ3n) is 2.41. The van der Waals surface area contributed by atoms with Crippen molar-refractivity contribution in [3.63, 3.8) is 0 Å². The average molecular weight is 202 g/mol. The summed E-state index contributed by atoms with van der Waals surface area (Å²) in [5, 5.41) is 8.65. The molecule has 1 saturated carbocycles. The van der Waals surface area contributed by atoms with Gasteiger partial charge in [0.05, 0.1) is 17.0 Å². The molecule has 1 aliphatic rings. The number of rotatable bonds is 4. The van der Waals surface area contributed by atoms with Gasteiger partial charge in [-0.1, -0.05) is 12.2 Å². The Labute approximate surface area is 82.7 Å². The van der Waals surface area contributed by atoms with Crippen LogP contribution in [0.3, 0.4) is 0 Å². The zero-order valence-corrected chi connectivity index (χ0v) is 8.43. The number of thiocarbonyl (C=S) groups is 1. The molecule has 1 fully saturated rings. The number of nitrogens with zero attached hydrogens (tertiary/aromatic N) is 1. The number of amides is 1. The fourth-order valence-electron chi connectivity index (χ4n) is 1.31. The van der Waals surface area contributed by atoms with E-state index >= 15 is 0 Å². The molecule has 0 atom stereocenters. The summed E-state index contributed by atoms with van der Waals surface area (Å²) in [6.07, 6.45) is 1.49. The van der Waals surface area contributed by atoms with Gasteiger partial charge in [0.1, 0.15) is 0 Å². The van der Waals surface area contributed by atoms with Crippen LogP contribution in [0.1, 0.15) is 12.8 Å². The maximum absolute atomic E-state index is 11.7. The number of aliphatic hydroxyl groups is 1. The van der Waals surface area contributed by atoms with Crippen molar-refractivity contribution in [2.45, 2.75) is 12.8 Å². The number of aliphatic hydroxyl groups excluding tert-OH is 1. The van der Waals surface area contributed by atoms with Crippen LogP contribution in [-0.4, -0.2) is 41.1 Å². The van der Waals surface area contributed by atoms with Gasteiger partial charge in [0.15, 0.2) is 0 Å². The summed E-state index contributed by atoms with van der Waals surface area (Å²) < 4.78 is 0. The van der Waals surface area contributed by atoms with Crippen LogP contribution in [0.15, 0.2) is 0 Å². The largest absolute Gasteiger partial charge is 0.395 e. The second-order valence-corrected chi connectivity index (χ2v) is 3.84. The first-order valence-corrected chi connectivity index (χ1v) is 4.62. The normalized spacial score (nSPS) is 18.0. The highest BCUT2D eigenvalue weighted by Crippen LogP contribution is 2.47. The van der Waals surface area contributed by atoms with Gasteiger partial charge in [-0.3, -0.25) is 4.79 Å². The zero-order chi connectivity index (χ0) is 10.1. The van der Waals surface area contributed by atoms with Crippen molar-refractivity contribution in [2.24, 2.45) is 11.1 Å².